The second-order valence-corrected chi connectivity index (χ2v) is 10.4. The number of carbonyl (C=O) groups is 1. The number of anilines is 1. The molecule has 1 aromatic heterocycles. The average Bonchev–Trinajstić information content (AvgIpc) is 3.24. The van der Waals surface area contributed by atoms with Crippen LogP contribution in [0.5, 0.6) is 0 Å². The van der Waals surface area contributed by atoms with Crippen molar-refractivity contribution in [3.63, 3.8) is 0 Å². The van der Waals surface area contributed by atoms with Gasteiger partial charge >= 0.3 is 0 Å². The van der Waals surface area contributed by atoms with E-state index in [2.05, 4.69) is 15.3 Å². The smallest absolute Gasteiger partial charge is 0.251 e. The first-order chi connectivity index (χ1) is 14.3. The highest BCUT2D eigenvalue weighted by Crippen LogP contribution is 2.23. The SMILES string of the molecule is CCCc1cc(=O)[nH]c(S[C@@H](C)C(=O)Nc2ccc(S(=O)(=O)N3CCCC3)cc2)n1. The number of thioether (sulfide) groups is 1. The van der Waals surface area contributed by atoms with E-state index in [1.54, 1.807) is 19.1 Å². The molecule has 1 saturated heterocycles. The minimum Gasteiger partial charge on any atom is -0.325 e. The Morgan fingerprint density at radius 2 is 1.93 bits per heavy atom. The highest BCUT2D eigenvalue weighted by Gasteiger charge is 2.27. The molecule has 0 radical (unpaired) electrons. The van der Waals surface area contributed by atoms with E-state index >= 15 is 0 Å². The zero-order valence-corrected chi connectivity index (χ0v) is 18.7. The summed E-state index contributed by atoms with van der Waals surface area (Å²) in [7, 11) is -3.48. The van der Waals surface area contributed by atoms with Gasteiger partial charge in [-0.25, -0.2) is 13.4 Å². The summed E-state index contributed by atoms with van der Waals surface area (Å²) >= 11 is 1.17. The van der Waals surface area contributed by atoms with Gasteiger partial charge in [0.15, 0.2) is 5.16 Å². The van der Waals surface area contributed by atoms with Crippen LogP contribution in [0.2, 0.25) is 0 Å². The predicted molar refractivity (Wildman–Crippen MR) is 117 cm³/mol. The van der Waals surface area contributed by atoms with Crippen molar-refractivity contribution in [3.05, 3.63) is 46.4 Å². The molecule has 2 aromatic rings. The molecule has 10 heteroatoms. The number of aromatic nitrogens is 2. The predicted octanol–water partition coefficient (Wildman–Crippen LogP) is 2.63. The third-order valence-electron chi connectivity index (χ3n) is 4.76. The van der Waals surface area contributed by atoms with Crippen LogP contribution in [-0.4, -0.2) is 46.9 Å². The van der Waals surface area contributed by atoms with Crippen molar-refractivity contribution in [2.24, 2.45) is 0 Å². The molecule has 1 amide bonds. The summed E-state index contributed by atoms with van der Waals surface area (Å²) in [4.78, 5) is 31.6. The molecule has 2 heterocycles. The van der Waals surface area contributed by atoms with E-state index in [9.17, 15) is 18.0 Å². The third-order valence-corrected chi connectivity index (χ3v) is 7.66. The number of carbonyl (C=O) groups excluding carboxylic acids is 1. The molecule has 1 aromatic carbocycles. The molecule has 1 atom stereocenters. The normalized spacial score (nSPS) is 15.8. The summed E-state index contributed by atoms with van der Waals surface area (Å²) < 4.78 is 26.6. The molecule has 0 bridgehead atoms. The number of hydrogen-bond acceptors (Lipinski definition) is 6. The van der Waals surface area contributed by atoms with E-state index in [-0.39, 0.29) is 16.4 Å². The van der Waals surface area contributed by atoms with Crippen LogP contribution in [0.1, 0.15) is 38.8 Å². The number of amides is 1. The summed E-state index contributed by atoms with van der Waals surface area (Å²) in [5.41, 5.74) is 0.971. The molecule has 0 spiro atoms. The third kappa shape index (κ3) is 5.50. The molecule has 1 aliphatic heterocycles. The monoisotopic (exact) mass is 450 g/mol. The van der Waals surface area contributed by atoms with Gasteiger partial charge in [-0.2, -0.15) is 4.31 Å². The number of aryl methyl sites for hydroxylation is 1. The molecule has 1 fully saturated rings. The number of nitrogens with zero attached hydrogens (tertiary/aromatic N) is 2. The van der Waals surface area contributed by atoms with Crippen molar-refractivity contribution in [2.75, 3.05) is 18.4 Å². The lowest BCUT2D eigenvalue weighted by molar-refractivity contribution is -0.115. The van der Waals surface area contributed by atoms with E-state index in [1.807, 2.05) is 6.92 Å². The van der Waals surface area contributed by atoms with E-state index in [1.165, 1.54) is 34.3 Å². The van der Waals surface area contributed by atoms with Crippen LogP contribution in [0.3, 0.4) is 0 Å². The Labute approximate surface area is 180 Å². The van der Waals surface area contributed by atoms with Crippen LogP contribution in [0, 0.1) is 0 Å². The van der Waals surface area contributed by atoms with Crippen LogP contribution >= 0.6 is 11.8 Å². The van der Waals surface area contributed by atoms with Crippen LogP contribution in [0.4, 0.5) is 5.69 Å². The summed E-state index contributed by atoms with van der Waals surface area (Å²) in [5.74, 6) is -0.265. The Kier molecular flexibility index (Phi) is 7.32. The average molecular weight is 451 g/mol. The first-order valence-corrected chi connectivity index (χ1v) is 12.3. The van der Waals surface area contributed by atoms with Gasteiger partial charge < -0.3 is 10.3 Å². The molecule has 8 nitrogen and oxygen atoms in total. The molecule has 30 heavy (non-hydrogen) atoms. The largest absolute Gasteiger partial charge is 0.325 e. The van der Waals surface area contributed by atoms with Crippen molar-refractivity contribution < 1.29 is 13.2 Å². The van der Waals surface area contributed by atoms with Gasteiger partial charge in [0.05, 0.1) is 10.1 Å². The van der Waals surface area contributed by atoms with Crippen molar-refractivity contribution in [1.29, 1.82) is 0 Å². The lowest BCUT2D eigenvalue weighted by Crippen LogP contribution is -2.28. The van der Waals surface area contributed by atoms with Gasteiger partial charge in [-0.15, -0.1) is 0 Å². The quantitative estimate of drug-likeness (QED) is 0.472. The zero-order chi connectivity index (χ0) is 21.7. The summed E-state index contributed by atoms with van der Waals surface area (Å²) in [6.45, 7) is 4.82. The Bertz CT molecular complexity index is 1050. The maximum atomic E-state index is 12.6. The second kappa shape index (κ2) is 9.76. The molecule has 0 unspecified atom stereocenters. The van der Waals surface area contributed by atoms with Crippen molar-refractivity contribution in [1.82, 2.24) is 14.3 Å². The fourth-order valence-corrected chi connectivity index (χ4v) is 5.52. The fraction of sp³-hybridized carbons (Fsp3) is 0.450. The van der Waals surface area contributed by atoms with Crippen molar-refractivity contribution >= 4 is 33.4 Å². The Morgan fingerprint density at radius 1 is 1.27 bits per heavy atom. The first-order valence-electron chi connectivity index (χ1n) is 9.97. The minimum absolute atomic E-state index is 0.222. The topological polar surface area (TPSA) is 112 Å². The van der Waals surface area contributed by atoms with Crippen molar-refractivity contribution in [3.8, 4) is 0 Å². The van der Waals surface area contributed by atoms with E-state index < -0.39 is 15.3 Å². The van der Waals surface area contributed by atoms with Gasteiger partial charge in [-0.3, -0.25) is 9.59 Å². The van der Waals surface area contributed by atoms with Gasteiger partial charge in [-0.1, -0.05) is 25.1 Å². The summed E-state index contributed by atoms with van der Waals surface area (Å²) in [6, 6.07) is 7.65. The van der Waals surface area contributed by atoms with Crippen LogP contribution in [0.15, 0.2) is 45.2 Å². The lowest BCUT2D eigenvalue weighted by Gasteiger charge is -2.16. The molecular weight excluding hydrogens is 424 g/mol. The molecular formula is C20H26N4O4S2. The number of rotatable bonds is 8. The number of nitrogens with one attached hydrogen (secondary N) is 2. The van der Waals surface area contributed by atoms with Gasteiger partial charge in [0.25, 0.3) is 5.56 Å². The maximum absolute atomic E-state index is 12.6. The molecule has 2 N–H and O–H groups in total. The number of H-pyrrole nitrogens is 1. The number of aromatic amines is 1. The van der Waals surface area contributed by atoms with Crippen LogP contribution < -0.4 is 10.9 Å². The Balaban J connectivity index is 1.63. The molecule has 162 valence electrons. The fourth-order valence-electron chi connectivity index (χ4n) is 3.18. The Hall–Kier alpha value is -2.17. The highest BCUT2D eigenvalue weighted by molar-refractivity contribution is 8.00. The molecule has 0 saturated carbocycles. The summed E-state index contributed by atoms with van der Waals surface area (Å²) in [5, 5.41) is 2.68. The second-order valence-electron chi connectivity index (χ2n) is 7.18. The van der Waals surface area contributed by atoms with Gasteiger partial charge in [0.2, 0.25) is 15.9 Å². The molecule has 0 aliphatic carbocycles. The van der Waals surface area contributed by atoms with Crippen molar-refractivity contribution in [2.45, 2.75) is 54.8 Å². The Morgan fingerprint density at radius 3 is 2.57 bits per heavy atom. The van der Waals surface area contributed by atoms with Gasteiger partial charge in [0.1, 0.15) is 0 Å². The van der Waals surface area contributed by atoms with E-state index in [0.29, 0.717) is 36.0 Å². The van der Waals surface area contributed by atoms with Crippen LogP contribution in [0.25, 0.3) is 0 Å². The standard InChI is InChI=1S/C20H26N4O4S2/c1-3-6-16-13-18(25)23-20(22-16)29-14(2)19(26)21-15-7-9-17(10-8-15)30(27,28)24-11-4-5-12-24/h7-10,13-14H,3-6,11-12H2,1-2H3,(H,21,26)(H,22,23,25)/t14-/m0/s1. The van der Waals surface area contributed by atoms with E-state index in [0.717, 1.165) is 19.3 Å². The first kappa shape index (κ1) is 22.5. The number of sulfonamides is 1. The highest BCUT2D eigenvalue weighted by atomic mass is 32.2. The minimum atomic E-state index is -3.48. The van der Waals surface area contributed by atoms with Crippen LogP contribution in [-0.2, 0) is 21.2 Å². The van der Waals surface area contributed by atoms with Gasteiger partial charge in [0, 0.05) is 30.5 Å². The van der Waals surface area contributed by atoms with E-state index in [4.69, 9.17) is 0 Å². The van der Waals surface area contributed by atoms with Gasteiger partial charge in [-0.05, 0) is 50.5 Å². The summed E-state index contributed by atoms with van der Waals surface area (Å²) in [6.07, 6.45) is 3.33. The number of hydrogen-bond donors (Lipinski definition) is 2. The molecule has 1 aliphatic rings. The molecule has 3 rings (SSSR count). The zero-order valence-electron chi connectivity index (χ0n) is 17.1. The lowest BCUT2D eigenvalue weighted by atomic mass is 10.2. The maximum Gasteiger partial charge on any atom is 0.251 e. The number of benzene rings is 1.